The largest absolute Gasteiger partial charge is 0.299 e. The molecule has 2 rings (SSSR count). The first-order valence-corrected chi connectivity index (χ1v) is 6.24. The van der Waals surface area contributed by atoms with Crippen molar-refractivity contribution in [2.24, 2.45) is 0 Å². The highest BCUT2D eigenvalue weighted by molar-refractivity contribution is 8.00. The lowest BCUT2D eigenvalue weighted by Gasteiger charge is -2.22. The van der Waals surface area contributed by atoms with Gasteiger partial charge in [-0.15, -0.1) is 0 Å². The van der Waals surface area contributed by atoms with Crippen LogP contribution in [0.15, 0.2) is 0 Å². The number of likely N-dealkylation sites (tertiary alicyclic amines) is 1. The Labute approximate surface area is 84.1 Å². The van der Waals surface area contributed by atoms with E-state index in [1.165, 1.54) is 12.8 Å². The molecule has 0 bridgehead atoms. The second-order valence-electron chi connectivity index (χ2n) is 4.76. The van der Waals surface area contributed by atoms with Gasteiger partial charge in [0.2, 0.25) is 0 Å². The van der Waals surface area contributed by atoms with Crippen LogP contribution in [0.4, 0.5) is 4.39 Å². The molecule has 1 aliphatic heterocycles. The molecule has 0 aromatic carbocycles. The van der Waals surface area contributed by atoms with Crippen LogP contribution in [-0.4, -0.2) is 41.2 Å². The topological polar surface area (TPSA) is 3.24 Å². The minimum Gasteiger partial charge on any atom is -0.299 e. The summed E-state index contributed by atoms with van der Waals surface area (Å²) < 4.78 is 14.0. The first-order chi connectivity index (χ1) is 6.05. The molecule has 1 heterocycles. The molecule has 76 valence electrons. The smallest absolute Gasteiger partial charge is 0.122 e. The number of halogens is 1. The summed E-state index contributed by atoms with van der Waals surface area (Å²) in [5, 5.41) is 0. The van der Waals surface area contributed by atoms with Gasteiger partial charge in [0.25, 0.3) is 0 Å². The first kappa shape index (κ1) is 9.78. The van der Waals surface area contributed by atoms with Gasteiger partial charge in [0.15, 0.2) is 0 Å². The maximum atomic E-state index is 13.5. The second kappa shape index (κ2) is 3.13. The fourth-order valence-corrected chi connectivity index (χ4v) is 2.95. The monoisotopic (exact) mass is 203 g/mol. The van der Waals surface area contributed by atoms with E-state index in [1.807, 2.05) is 11.8 Å². The van der Waals surface area contributed by atoms with E-state index in [0.29, 0.717) is 11.3 Å². The van der Waals surface area contributed by atoms with Crippen molar-refractivity contribution in [3.8, 4) is 0 Å². The molecule has 0 spiro atoms. The molecule has 1 aliphatic carbocycles. The molecule has 0 aromatic rings. The first-order valence-electron chi connectivity index (χ1n) is 5.02. The lowest BCUT2D eigenvalue weighted by molar-refractivity contribution is 0.188. The van der Waals surface area contributed by atoms with E-state index in [2.05, 4.69) is 11.2 Å². The summed E-state index contributed by atoms with van der Waals surface area (Å²) in [6.07, 6.45) is 5.55. The van der Waals surface area contributed by atoms with E-state index in [4.69, 9.17) is 0 Å². The predicted molar refractivity (Wildman–Crippen MR) is 56.1 cm³/mol. The van der Waals surface area contributed by atoms with E-state index in [1.54, 1.807) is 6.92 Å². The standard InChI is InChI=1S/C10H18FNS/c1-9(11)5-6-12(7-9)8-10(13-2)3-4-10/h3-8H2,1-2H3. The third-order valence-electron chi connectivity index (χ3n) is 3.26. The average molecular weight is 203 g/mol. The molecule has 1 saturated carbocycles. The molecule has 1 atom stereocenters. The summed E-state index contributed by atoms with van der Waals surface area (Å²) >= 11 is 1.96. The van der Waals surface area contributed by atoms with Gasteiger partial charge in [-0.1, -0.05) is 0 Å². The molecule has 0 aromatic heterocycles. The summed E-state index contributed by atoms with van der Waals surface area (Å²) in [6.45, 7) is 4.43. The van der Waals surface area contributed by atoms with Gasteiger partial charge in [-0.3, -0.25) is 4.90 Å². The Bertz CT molecular complexity index is 201. The van der Waals surface area contributed by atoms with Crippen molar-refractivity contribution >= 4 is 11.8 Å². The molecular weight excluding hydrogens is 185 g/mol. The van der Waals surface area contributed by atoms with E-state index in [0.717, 1.165) is 19.5 Å². The number of rotatable bonds is 3. The highest BCUT2D eigenvalue weighted by Gasteiger charge is 2.45. The van der Waals surface area contributed by atoms with Crippen LogP contribution in [0.3, 0.4) is 0 Å². The molecule has 1 unspecified atom stereocenters. The fraction of sp³-hybridized carbons (Fsp3) is 1.00. The van der Waals surface area contributed by atoms with Gasteiger partial charge in [-0.05, 0) is 32.4 Å². The highest BCUT2D eigenvalue weighted by Crippen LogP contribution is 2.48. The summed E-state index contributed by atoms with van der Waals surface area (Å²) in [5.74, 6) is 0. The molecule has 0 radical (unpaired) electrons. The van der Waals surface area contributed by atoms with Gasteiger partial charge < -0.3 is 0 Å². The quantitative estimate of drug-likeness (QED) is 0.692. The summed E-state index contributed by atoms with van der Waals surface area (Å²) in [7, 11) is 0. The Morgan fingerprint density at radius 2 is 2.08 bits per heavy atom. The molecule has 1 saturated heterocycles. The van der Waals surface area contributed by atoms with Gasteiger partial charge in [-0.2, -0.15) is 11.8 Å². The summed E-state index contributed by atoms with van der Waals surface area (Å²) in [4.78, 5) is 2.30. The third kappa shape index (κ3) is 2.18. The van der Waals surface area contributed by atoms with E-state index < -0.39 is 5.67 Å². The zero-order valence-electron chi connectivity index (χ0n) is 8.48. The van der Waals surface area contributed by atoms with Crippen LogP contribution >= 0.6 is 11.8 Å². The van der Waals surface area contributed by atoms with Crippen LogP contribution in [0.1, 0.15) is 26.2 Å². The number of hydrogen-bond acceptors (Lipinski definition) is 2. The fourth-order valence-electron chi connectivity index (χ4n) is 2.12. The van der Waals surface area contributed by atoms with Gasteiger partial charge in [0, 0.05) is 24.4 Å². The van der Waals surface area contributed by atoms with Crippen molar-refractivity contribution in [1.29, 1.82) is 0 Å². The molecule has 0 amide bonds. The van der Waals surface area contributed by atoms with Crippen molar-refractivity contribution in [1.82, 2.24) is 4.90 Å². The number of hydrogen-bond donors (Lipinski definition) is 0. The normalized spacial score (nSPS) is 38.1. The van der Waals surface area contributed by atoms with Crippen molar-refractivity contribution in [3.63, 3.8) is 0 Å². The maximum Gasteiger partial charge on any atom is 0.122 e. The average Bonchev–Trinajstić information content (AvgIpc) is 2.74. The Kier molecular flexibility index (Phi) is 2.35. The van der Waals surface area contributed by atoms with Crippen molar-refractivity contribution in [3.05, 3.63) is 0 Å². The third-order valence-corrected chi connectivity index (χ3v) is 4.66. The molecule has 1 nitrogen and oxygen atoms in total. The van der Waals surface area contributed by atoms with Gasteiger partial charge in [0.05, 0.1) is 0 Å². The Morgan fingerprint density at radius 3 is 2.46 bits per heavy atom. The molecule has 3 heteroatoms. The predicted octanol–water partition coefficient (Wildman–Crippen LogP) is 2.32. The highest BCUT2D eigenvalue weighted by atomic mass is 32.2. The van der Waals surface area contributed by atoms with Gasteiger partial charge in [0.1, 0.15) is 5.67 Å². The molecular formula is C10H18FNS. The molecule has 0 N–H and O–H groups in total. The Hall–Kier alpha value is 0.240. The minimum absolute atomic E-state index is 0.500. The minimum atomic E-state index is -0.922. The van der Waals surface area contributed by atoms with Crippen molar-refractivity contribution < 1.29 is 4.39 Å². The van der Waals surface area contributed by atoms with Crippen LogP contribution in [0, 0.1) is 0 Å². The lowest BCUT2D eigenvalue weighted by Crippen LogP contribution is -2.32. The summed E-state index contributed by atoms with van der Waals surface area (Å²) in [5.41, 5.74) is -0.922. The number of thioether (sulfide) groups is 1. The van der Waals surface area contributed by atoms with E-state index >= 15 is 0 Å². The molecule has 2 fully saturated rings. The van der Waals surface area contributed by atoms with Crippen LogP contribution in [0.25, 0.3) is 0 Å². The van der Waals surface area contributed by atoms with Crippen LogP contribution in [0.5, 0.6) is 0 Å². The van der Waals surface area contributed by atoms with Crippen molar-refractivity contribution in [2.45, 2.75) is 36.6 Å². The zero-order chi connectivity index (χ0) is 9.53. The van der Waals surface area contributed by atoms with Crippen LogP contribution in [0.2, 0.25) is 0 Å². The van der Waals surface area contributed by atoms with E-state index in [9.17, 15) is 4.39 Å². The zero-order valence-corrected chi connectivity index (χ0v) is 9.29. The van der Waals surface area contributed by atoms with Crippen LogP contribution < -0.4 is 0 Å². The molecule has 2 aliphatic rings. The Balaban J connectivity index is 1.84. The number of alkyl halides is 1. The SMILES string of the molecule is CSC1(CN2CCC(C)(F)C2)CC1. The maximum absolute atomic E-state index is 13.5. The Morgan fingerprint density at radius 1 is 1.38 bits per heavy atom. The number of nitrogens with zero attached hydrogens (tertiary/aromatic N) is 1. The second-order valence-corrected chi connectivity index (χ2v) is 6.04. The lowest BCUT2D eigenvalue weighted by atomic mass is 10.1. The van der Waals surface area contributed by atoms with Crippen LogP contribution in [-0.2, 0) is 0 Å². The van der Waals surface area contributed by atoms with Crippen molar-refractivity contribution in [2.75, 3.05) is 25.9 Å². The van der Waals surface area contributed by atoms with Gasteiger partial charge in [-0.25, -0.2) is 4.39 Å². The molecule has 13 heavy (non-hydrogen) atoms. The van der Waals surface area contributed by atoms with E-state index in [-0.39, 0.29) is 0 Å². The summed E-state index contributed by atoms with van der Waals surface area (Å²) in [6, 6.07) is 0. The van der Waals surface area contributed by atoms with Gasteiger partial charge >= 0.3 is 0 Å².